The molecule has 31 heavy (non-hydrogen) atoms. The maximum absolute atomic E-state index is 12.6. The van der Waals surface area contributed by atoms with Gasteiger partial charge >= 0.3 is 0 Å². The number of rotatable bonds is 8. The summed E-state index contributed by atoms with van der Waals surface area (Å²) in [7, 11) is 2.35. The summed E-state index contributed by atoms with van der Waals surface area (Å²) >= 11 is 12.1. The van der Waals surface area contributed by atoms with Crippen molar-refractivity contribution >= 4 is 45.8 Å². The summed E-state index contributed by atoms with van der Waals surface area (Å²) in [5.41, 5.74) is 2.26. The second-order valence-electron chi connectivity index (χ2n) is 7.64. The van der Waals surface area contributed by atoms with Crippen LogP contribution < -0.4 is 10.2 Å². The fourth-order valence-electron chi connectivity index (χ4n) is 3.31. The van der Waals surface area contributed by atoms with E-state index >= 15 is 0 Å². The van der Waals surface area contributed by atoms with Crippen LogP contribution in [-0.2, 0) is 22.3 Å². The van der Waals surface area contributed by atoms with E-state index in [2.05, 4.69) is 46.4 Å². The Kier molecular flexibility index (Phi) is 8.75. The zero-order valence-corrected chi connectivity index (χ0v) is 20.1. The molecule has 0 spiro atoms. The van der Waals surface area contributed by atoms with Gasteiger partial charge in [0.05, 0.1) is 14.9 Å². The Morgan fingerprint density at radius 2 is 1.77 bits per heavy atom. The van der Waals surface area contributed by atoms with E-state index in [0.717, 1.165) is 31.7 Å². The number of carbonyl (C=O) groups is 1. The molecule has 2 aromatic rings. The first-order valence-electron chi connectivity index (χ1n) is 10.2. The molecule has 9 heteroatoms. The van der Waals surface area contributed by atoms with Crippen LogP contribution in [0.1, 0.15) is 12.0 Å². The van der Waals surface area contributed by atoms with E-state index in [1.807, 2.05) is 0 Å². The van der Waals surface area contributed by atoms with Gasteiger partial charge < -0.3 is 15.1 Å². The summed E-state index contributed by atoms with van der Waals surface area (Å²) in [6.07, 6.45) is 0.236. The predicted molar refractivity (Wildman–Crippen MR) is 128 cm³/mol. The van der Waals surface area contributed by atoms with Crippen LogP contribution in [0.2, 0.25) is 10.0 Å². The SMILES string of the molecule is CN1CCN(c2ccc(CNC(=O)CCN(C)S(=O)c3cccc(Cl)c3Cl)cc2)CC1. The average molecular weight is 483 g/mol. The molecule has 1 unspecified atom stereocenters. The van der Waals surface area contributed by atoms with E-state index in [1.165, 1.54) is 5.69 Å². The van der Waals surface area contributed by atoms with Crippen molar-refractivity contribution in [3.05, 3.63) is 58.1 Å². The zero-order chi connectivity index (χ0) is 22.4. The number of halogens is 2. The Labute approximate surface area is 196 Å². The number of carbonyl (C=O) groups excluding carboxylic acids is 1. The zero-order valence-electron chi connectivity index (χ0n) is 17.8. The number of anilines is 1. The highest BCUT2D eigenvalue weighted by Crippen LogP contribution is 2.28. The van der Waals surface area contributed by atoms with Crippen molar-refractivity contribution in [1.29, 1.82) is 0 Å². The standard InChI is InChI=1S/C22H28Cl2N4O2S/c1-26-12-14-28(15-13-26)18-8-6-17(7-9-18)16-25-21(29)10-11-27(2)31(30)20-5-3-4-19(23)22(20)24/h3-9H,10-16H2,1-2H3,(H,25,29). The van der Waals surface area contributed by atoms with E-state index in [0.29, 0.717) is 23.0 Å². The normalized spacial score (nSPS) is 15.8. The van der Waals surface area contributed by atoms with E-state index in [-0.39, 0.29) is 17.4 Å². The lowest BCUT2D eigenvalue weighted by molar-refractivity contribution is -0.121. The Morgan fingerprint density at radius 1 is 1.10 bits per heavy atom. The Hall–Kier alpha value is -1.64. The highest BCUT2D eigenvalue weighted by atomic mass is 35.5. The summed E-state index contributed by atoms with van der Waals surface area (Å²) in [6, 6.07) is 13.4. The summed E-state index contributed by atoms with van der Waals surface area (Å²) < 4.78 is 14.2. The lowest BCUT2D eigenvalue weighted by Gasteiger charge is -2.34. The van der Waals surface area contributed by atoms with Crippen LogP contribution in [0, 0.1) is 0 Å². The molecule has 1 saturated heterocycles. The molecule has 0 aromatic heterocycles. The Bertz CT molecular complexity index is 918. The molecule has 1 N–H and O–H groups in total. The van der Waals surface area contributed by atoms with Gasteiger partial charge in [0.15, 0.2) is 0 Å². The van der Waals surface area contributed by atoms with Gasteiger partial charge in [-0.05, 0) is 36.9 Å². The van der Waals surface area contributed by atoms with Gasteiger partial charge in [0.25, 0.3) is 0 Å². The third kappa shape index (κ3) is 6.67. The first kappa shape index (κ1) is 24.0. The molecule has 6 nitrogen and oxygen atoms in total. The van der Waals surface area contributed by atoms with E-state index in [1.54, 1.807) is 29.6 Å². The largest absolute Gasteiger partial charge is 0.369 e. The molecule has 1 aliphatic heterocycles. The Balaban J connectivity index is 1.43. The molecule has 2 aromatic carbocycles. The third-order valence-corrected chi connectivity index (χ3v) is 7.73. The highest BCUT2D eigenvalue weighted by molar-refractivity contribution is 7.82. The number of nitrogens with one attached hydrogen (secondary N) is 1. The topological polar surface area (TPSA) is 55.9 Å². The number of hydrogen-bond acceptors (Lipinski definition) is 4. The molecule has 1 amide bonds. The highest BCUT2D eigenvalue weighted by Gasteiger charge is 2.17. The molecule has 0 aliphatic carbocycles. The average Bonchev–Trinajstić information content (AvgIpc) is 2.78. The van der Waals surface area contributed by atoms with Crippen molar-refractivity contribution in [2.24, 2.45) is 0 Å². The van der Waals surface area contributed by atoms with Gasteiger partial charge in [-0.25, -0.2) is 8.51 Å². The Morgan fingerprint density at radius 3 is 2.45 bits per heavy atom. The third-order valence-electron chi connectivity index (χ3n) is 5.34. The van der Waals surface area contributed by atoms with E-state index in [4.69, 9.17) is 23.2 Å². The molecule has 1 atom stereocenters. The quantitative estimate of drug-likeness (QED) is 0.626. The van der Waals surface area contributed by atoms with Crippen LogP contribution in [-0.4, -0.2) is 66.1 Å². The van der Waals surface area contributed by atoms with Crippen molar-refractivity contribution in [2.75, 3.05) is 51.7 Å². The summed E-state index contributed by atoms with van der Waals surface area (Å²) in [5.74, 6) is -0.0933. The van der Waals surface area contributed by atoms with Crippen LogP contribution in [0.3, 0.4) is 0 Å². The summed E-state index contributed by atoms with van der Waals surface area (Å²) in [6.45, 7) is 5.00. The molecule has 1 fully saturated rings. The number of amides is 1. The fourth-order valence-corrected chi connectivity index (χ4v) is 4.91. The van der Waals surface area contributed by atoms with Crippen molar-refractivity contribution in [2.45, 2.75) is 17.9 Å². The number of benzene rings is 2. The first-order valence-corrected chi connectivity index (χ1v) is 12.1. The molecule has 168 valence electrons. The smallest absolute Gasteiger partial charge is 0.221 e. The summed E-state index contributed by atoms with van der Waals surface area (Å²) in [5, 5.41) is 3.56. The van der Waals surface area contributed by atoms with Gasteiger partial charge in [0.2, 0.25) is 5.91 Å². The van der Waals surface area contributed by atoms with Crippen LogP contribution in [0.25, 0.3) is 0 Å². The van der Waals surface area contributed by atoms with Gasteiger partial charge in [-0.3, -0.25) is 4.79 Å². The van der Waals surface area contributed by atoms with Crippen molar-refractivity contribution in [3.8, 4) is 0 Å². The molecule has 0 bridgehead atoms. The molecular formula is C22H28Cl2N4O2S. The predicted octanol–water partition coefficient (Wildman–Crippen LogP) is 3.41. The number of likely N-dealkylation sites (N-methyl/N-ethyl adjacent to an activating group) is 1. The van der Waals surface area contributed by atoms with Crippen molar-refractivity contribution in [3.63, 3.8) is 0 Å². The molecular weight excluding hydrogens is 455 g/mol. The minimum atomic E-state index is -1.48. The minimum Gasteiger partial charge on any atom is -0.369 e. The van der Waals surface area contributed by atoms with Crippen LogP contribution in [0.5, 0.6) is 0 Å². The lowest BCUT2D eigenvalue weighted by atomic mass is 10.1. The maximum Gasteiger partial charge on any atom is 0.221 e. The fraction of sp³-hybridized carbons (Fsp3) is 0.409. The number of hydrogen-bond donors (Lipinski definition) is 1. The van der Waals surface area contributed by atoms with Crippen LogP contribution in [0.4, 0.5) is 5.69 Å². The molecule has 1 heterocycles. The monoisotopic (exact) mass is 482 g/mol. The molecule has 0 saturated carbocycles. The van der Waals surface area contributed by atoms with E-state index < -0.39 is 11.0 Å². The van der Waals surface area contributed by atoms with Gasteiger partial charge in [-0.15, -0.1) is 0 Å². The van der Waals surface area contributed by atoms with Crippen molar-refractivity contribution < 1.29 is 9.00 Å². The van der Waals surface area contributed by atoms with Gasteiger partial charge in [0, 0.05) is 58.4 Å². The van der Waals surface area contributed by atoms with Crippen LogP contribution in [0.15, 0.2) is 47.4 Å². The second-order valence-corrected chi connectivity index (χ2v) is 9.98. The number of piperazine rings is 1. The van der Waals surface area contributed by atoms with Crippen molar-refractivity contribution in [1.82, 2.24) is 14.5 Å². The van der Waals surface area contributed by atoms with Gasteiger partial charge in [-0.2, -0.15) is 0 Å². The minimum absolute atomic E-state index is 0.0933. The molecule has 1 aliphatic rings. The van der Waals surface area contributed by atoms with Gasteiger partial charge in [0.1, 0.15) is 11.0 Å². The van der Waals surface area contributed by atoms with Gasteiger partial charge in [-0.1, -0.05) is 41.4 Å². The second kappa shape index (κ2) is 11.3. The number of nitrogens with zero attached hydrogens (tertiary/aromatic N) is 3. The van der Waals surface area contributed by atoms with E-state index in [9.17, 15) is 9.00 Å². The first-order chi connectivity index (χ1) is 14.8. The molecule has 3 rings (SSSR count). The maximum atomic E-state index is 12.6. The lowest BCUT2D eigenvalue weighted by Crippen LogP contribution is -2.44. The van der Waals surface area contributed by atoms with Crippen LogP contribution >= 0.6 is 23.2 Å². The molecule has 0 radical (unpaired) electrons. The summed E-state index contributed by atoms with van der Waals surface area (Å²) in [4.78, 5) is 17.4.